The van der Waals surface area contributed by atoms with Crippen LogP contribution in [0.2, 0.25) is 0 Å². The smallest absolute Gasteiger partial charge is 0.120 e. The third kappa shape index (κ3) is 6.62. The topological polar surface area (TPSA) is 9.23 Å². The average Bonchev–Trinajstić information content (AvgIpc) is 2.53. The molecule has 0 amide bonds. The van der Waals surface area contributed by atoms with Crippen molar-refractivity contribution in [1.29, 1.82) is 0 Å². The Morgan fingerprint density at radius 3 is 1.92 bits per heavy atom. The van der Waals surface area contributed by atoms with E-state index in [0.717, 1.165) is 17.7 Å². The average molecular weight is 335 g/mol. The van der Waals surface area contributed by atoms with Crippen molar-refractivity contribution in [2.45, 2.75) is 46.6 Å². The highest BCUT2D eigenvalue weighted by Crippen LogP contribution is 2.23. The maximum atomic E-state index is 6.18. The second-order valence-electron chi connectivity index (χ2n) is 8.25. The lowest BCUT2D eigenvalue weighted by Crippen LogP contribution is -2.30. The molecular weight excluding hydrogens is 304 g/mol. The number of benzene rings is 2. The van der Waals surface area contributed by atoms with Gasteiger partial charge >= 0.3 is 0 Å². The monoisotopic (exact) mass is 334 g/mol. The molecule has 1 heteroatoms. The van der Waals surface area contributed by atoms with Gasteiger partial charge in [0, 0.05) is 6.42 Å². The Balaban J connectivity index is 2.01. The van der Waals surface area contributed by atoms with Crippen molar-refractivity contribution in [3.8, 4) is 5.75 Å². The van der Waals surface area contributed by atoms with Gasteiger partial charge in [0.1, 0.15) is 11.4 Å². The predicted molar refractivity (Wildman–Crippen MR) is 110 cm³/mol. The summed E-state index contributed by atoms with van der Waals surface area (Å²) in [4.78, 5) is 0. The second kappa shape index (κ2) is 7.74. The fourth-order valence-electron chi connectivity index (χ4n) is 2.61. The second-order valence-corrected chi connectivity index (χ2v) is 8.25. The van der Waals surface area contributed by atoms with Crippen molar-refractivity contribution >= 4 is 12.2 Å². The SMILES string of the molecule is C=Cc1ccc(OC(C)(C)Cc2ccc(C=CC(C)(C)C)cc2)cc1. The molecule has 0 saturated carbocycles. The van der Waals surface area contributed by atoms with E-state index in [-0.39, 0.29) is 11.0 Å². The van der Waals surface area contributed by atoms with Crippen molar-refractivity contribution in [2.75, 3.05) is 0 Å². The fraction of sp³-hybridized carbons (Fsp3) is 0.333. The molecule has 0 saturated heterocycles. The van der Waals surface area contributed by atoms with E-state index >= 15 is 0 Å². The van der Waals surface area contributed by atoms with Crippen molar-refractivity contribution in [1.82, 2.24) is 0 Å². The lowest BCUT2D eigenvalue weighted by molar-refractivity contribution is 0.110. The van der Waals surface area contributed by atoms with Gasteiger partial charge in [-0.2, -0.15) is 0 Å². The molecule has 0 aliphatic heterocycles. The third-order valence-electron chi connectivity index (χ3n) is 3.90. The molecule has 2 aromatic carbocycles. The molecule has 0 radical (unpaired) electrons. The molecule has 0 fully saturated rings. The summed E-state index contributed by atoms with van der Waals surface area (Å²) in [5, 5.41) is 0. The van der Waals surface area contributed by atoms with E-state index in [9.17, 15) is 0 Å². The van der Waals surface area contributed by atoms with Crippen LogP contribution in [-0.2, 0) is 6.42 Å². The van der Waals surface area contributed by atoms with E-state index < -0.39 is 0 Å². The van der Waals surface area contributed by atoms with E-state index in [1.54, 1.807) is 0 Å². The summed E-state index contributed by atoms with van der Waals surface area (Å²) in [7, 11) is 0. The van der Waals surface area contributed by atoms with Crippen LogP contribution in [0.3, 0.4) is 0 Å². The van der Waals surface area contributed by atoms with Crippen LogP contribution >= 0.6 is 0 Å². The van der Waals surface area contributed by atoms with Crippen LogP contribution < -0.4 is 4.74 Å². The highest BCUT2D eigenvalue weighted by Gasteiger charge is 2.20. The van der Waals surface area contributed by atoms with Crippen LogP contribution in [0.1, 0.15) is 51.3 Å². The van der Waals surface area contributed by atoms with E-state index in [2.05, 4.69) is 77.6 Å². The van der Waals surface area contributed by atoms with Crippen molar-refractivity contribution in [3.63, 3.8) is 0 Å². The summed E-state index contributed by atoms with van der Waals surface area (Å²) in [5.74, 6) is 0.889. The van der Waals surface area contributed by atoms with Crippen LogP contribution in [-0.4, -0.2) is 5.60 Å². The molecule has 0 unspecified atom stereocenters. The summed E-state index contributed by atoms with van der Waals surface area (Å²) in [6.07, 6.45) is 7.12. The number of hydrogen-bond acceptors (Lipinski definition) is 1. The maximum absolute atomic E-state index is 6.18. The van der Waals surface area contributed by atoms with Gasteiger partial charge < -0.3 is 4.74 Å². The summed E-state index contributed by atoms with van der Waals surface area (Å²) in [6.45, 7) is 14.7. The van der Waals surface area contributed by atoms with Crippen molar-refractivity contribution in [3.05, 3.63) is 77.9 Å². The molecule has 25 heavy (non-hydrogen) atoms. The highest BCUT2D eigenvalue weighted by atomic mass is 16.5. The largest absolute Gasteiger partial charge is 0.488 e. The highest BCUT2D eigenvalue weighted by molar-refractivity contribution is 5.50. The molecule has 0 atom stereocenters. The quantitative estimate of drug-likeness (QED) is 0.565. The Hall–Kier alpha value is -2.28. The van der Waals surface area contributed by atoms with Crippen LogP contribution in [0.25, 0.3) is 12.2 Å². The normalized spacial score (nSPS) is 12.4. The standard InChI is InChI=1S/C24H30O/c1-7-19-12-14-22(15-13-19)25-24(5,6)18-21-10-8-20(9-11-21)16-17-23(2,3)4/h7-17H,1,18H2,2-6H3. The molecule has 132 valence electrons. The Labute approximate surface area is 153 Å². The number of ether oxygens (including phenoxy) is 1. The zero-order chi connectivity index (χ0) is 18.5. The van der Waals surface area contributed by atoms with Gasteiger partial charge in [-0.05, 0) is 48.1 Å². The minimum absolute atomic E-state index is 0.204. The summed E-state index contributed by atoms with van der Waals surface area (Å²) in [5.41, 5.74) is 3.55. The molecule has 0 aliphatic carbocycles. The van der Waals surface area contributed by atoms with E-state index in [1.165, 1.54) is 11.1 Å². The Morgan fingerprint density at radius 1 is 0.840 bits per heavy atom. The molecule has 0 aliphatic rings. The van der Waals surface area contributed by atoms with Crippen LogP contribution in [0.4, 0.5) is 0 Å². The summed E-state index contributed by atoms with van der Waals surface area (Å²) in [6, 6.07) is 16.8. The van der Waals surface area contributed by atoms with Gasteiger partial charge in [0.15, 0.2) is 0 Å². The van der Waals surface area contributed by atoms with Crippen LogP contribution in [0, 0.1) is 5.41 Å². The van der Waals surface area contributed by atoms with Crippen LogP contribution in [0.5, 0.6) is 5.75 Å². The Kier molecular flexibility index (Phi) is 5.89. The zero-order valence-electron chi connectivity index (χ0n) is 16.2. The fourth-order valence-corrected chi connectivity index (χ4v) is 2.61. The predicted octanol–water partition coefficient (Wildman–Crippen LogP) is 6.79. The summed E-state index contributed by atoms with van der Waals surface area (Å²) >= 11 is 0. The molecular formula is C24H30O. The van der Waals surface area contributed by atoms with Gasteiger partial charge in [0.2, 0.25) is 0 Å². The molecule has 2 rings (SSSR count). The number of hydrogen-bond donors (Lipinski definition) is 0. The summed E-state index contributed by atoms with van der Waals surface area (Å²) < 4.78 is 6.18. The van der Waals surface area contributed by atoms with E-state index in [4.69, 9.17) is 4.74 Å². The molecule has 0 bridgehead atoms. The van der Waals surface area contributed by atoms with Gasteiger partial charge in [0.05, 0.1) is 0 Å². The van der Waals surface area contributed by atoms with Crippen molar-refractivity contribution < 1.29 is 4.74 Å². The maximum Gasteiger partial charge on any atom is 0.120 e. The number of rotatable bonds is 6. The first-order valence-corrected chi connectivity index (χ1v) is 8.87. The minimum atomic E-state index is -0.265. The Bertz CT molecular complexity index is 710. The molecule has 2 aromatic rings. The zero-order valence-corrected chi connectivity index (χ0v) is 16.2. The third-order valence-corrected chi connectivity index (χ3v) is 3.90. The van der Waals surface area contributed by atoms with Crippen LogP contribution in [0.15, 0.2) is 61.2 Å². The molecule has 0 spiro atoms. The molecule has 0 N–H and O–H groups in total. The first-order valence-electron chi connectivity index (χ1n) is 8.87. The van der Waals surface area contributed by atoms with Gasteiger partial charge in [-0.1, -0.05) is 82.0 Å². The molecule has 0 heterocycles. The van der Waals surface area contributed by atoms with Gasteiger partial charge in [0.25, 0.3) is 0 Å². The lowest BCUT2D eigenvalue weighted by atomic mass is 9.94. The Morgan fingerprint density at radius 2 is 1.40 bits per heavy atom. The first-order chi connectivity index (χ1) is 11.7. The van der Waals surface area contributed by atoms with Crippen molar-refractivity contribution in [2.24, 2.45) is 5.41 Å². The molecule has 0 aromatic heterocycles. The van der Waals surface area contributed by atoms with Gasteiger partial charge in [-0.3, -0.25) is 0 Å². The van der Waals surface area contributed by atoms with Gasteiger partial charge in [-0.15, -0.1) is 0 Å². The number of allylic oxidation sites excluding steroid dienone is 1. The van der Waals surface area contributed by atoms with E-state index in [1.807, 2.05) is 30.3 Å². The van der Waals surface area contributed by atoms with Gasteiger partial charge in [-0.25, -0.2) is 0 Å². The molecule has 1 nitrogen and oxygen atoms in total. The van der Waals surface area contributed by atoms with E-state index in [0.29, 0.717) is 0 Å². The first kappa shape index (κ1) is 19.1. The lowest BCUT2D eigenvalue weighted by Gasteiger charge is -2.27. The minimum Gasteiger partial charge on any atom is -0.488 e.